The molecule has 0 unspecified atom stereocenters. The van der Waals surface area contributed by atoms with Gasteiger partial charge in [0.15, 0.2) is 0 Å². The summed E-state index contributed by atoms with van der Waals surface area (Å²) in [5, 5.41) is 4.96. The monoisotopic (exact) mass is 352 g/mol. The molecule has 0 fully saturated rings. The normalized spacial score (nSPS) is 12.5. The van der Waals surface area contributed by atoms with E-state index in [1.165, 1.54) is 11.3 Å². The molecule has 2 amide bonds. The number of benzene rings is 1. The van der Waals surface area contributed by atoms with Crippen LogP contribution in [0.15, 0.2) is 29.6 Å². The fourth-order valence-electron chi connectivity index (χ4n) is 2.45. The number of hydrogen-bond donors (Lipinski definition) is 2. The maximum absolute atomic E-state index is 12.3. The summed E-state index contributed by atoms with van der Waals surface area (Å²) in [5.41, 5.74) is 7.87. The van der Waals surface area contributed by atoms with Gasteiger partial charge in [-0.2, -0.15) is 0 Å². The number of nitrogens with zero attached hydrogens (tertiary/aromatic N) is 2. The quantitative estimate of drug-likeness (QED) is 0.869. The lowest BCUT2D eigenvalue weighted by molar-refractivity contribution is -0.117. The van der Waals surface area contributed by atoms with Gasteiger partial charge in [0.25, 0.3) is 5.91 Å². The van der Waals surface area contributed by atoms with E-state index >= 15 is 0 Å². The Hall–Kier alpha value is -1.96. The molecule has 3 rings (SSSR count). The number of fused-ring (bicyclic) bond motifs is 1. The molecule has 0 saturated heterocycles. The van der Waals surface area contributed by atoms with Crippen LogP contribution in [0.1, 0.15) is 21.1 Å². The third-order valence-electron chi connectivity index (χ3n) is 3.55. The third kappa shape index (κ3) is 3.69. The van der Waals surface area contributed by atoms with Gasteiger partial charge in [0, 0.05) is 24.2 Å². The van der Waals surface area contributed by atoms with E-state index in [1.807, 2.05) is 24.3 Å². The van der Waals surface area contributed by atoms with Crippen LogP contribution in [-0.2, 0) is 17.8 Å². The first-order valence-electron chi connectivity index (χ1n) is 7.00. The molecule has 0 radical (unpaired) electrons. The summed E-state index contributed by atoms with van der Waals surface area (Å²) in [7, 11) is 0. The van der Waals surface area contributed by atoms with Crippen molar-refractivity contribution >= 4 is 41.2 Å². The Balaban J connectivity index is 0.00000192. The standard InChI is InChI=1S/C15H16N4O2S.ClH/c16-7-13-18-11(9-22-13)15(21)17-8-14(20)19-6-5-10-3-1-2-4-12(10)19;/h1-4,9H,5-8,16H2,(H,17,21);1H. The van der Waals surface area contributed by atoms with Gasteiger partial charge in [0.1, 0.15) is 10.7 Å². The number of rotatable bonds is 4. The summed E-state index contributed by atoms with van der Waals surface area (Å²) in [4.78, 5) is 30.0. The van der Waals surface area contributed by atoms with Crippen LogP contribution in [0.5, 0.6) is 0 Å². The minimum absolute atomic E-state index is 0. The number of carbonyl (C=O) groups excluding carboxylic acids is 2. The van der Waals surface area contributed by atoms with Gasteiger partial charge in [-0.1, -0.05) is 18.2 Å². The average molecular weight is 353 g/mol. The second-order valence-corrected chi connectivity index (χ2v) is 5.88. The van der Waals surface area contributed by atoms with Crippen molar-refractivity contribution in [2.75, 3.05) is 18.0 Å². The smallest absolute Gasteiger partial charge is 0.271 e. The molecule has 1 aliphatic rings. The highest BCUT2D eigenvalue weighted by atomic mass is 35.5. The maximum atomic E-state index is 12.3. The second kappa shape index (κ2) is 7.54. The Labute approximate surface area is 144 Å². The summed E-state index contributed by atoms with van der Waals surface area (Å²) in [6.45, 7) is 0.923. The topological polar surface area (TPSA) is 88.3 Å². The first kappa shape index (κ1) is 17.4. The Kier molecular flexibility index (Phi) is 5.70. The number of hydrogen-bond acceptors (Lipinski definition) is 5. The fraction of sp³-hybridized carbons (Fsp3) is 0.267. The number of aromatic nitrogens is 1. The molecule has 1 aromatic heterocycles. The third-order valence-corrected chi connectivity index (χ3v) is 4.42. The molecule has 0 bridgehead atoms. The van der Waals surface area contributed by atoms with E-state index in [4.69, 9.17) is 5.73 Å². The number of anilines is 1. The largest absolute Gasteiger partial charge is 0.342 e. The molecular formula is C15H17ClN4O2S. The number of amides is 2. The van der Waals surface area contributed by atoms with Crippen molar-refractivity contribution in [2.45, 2.75) is 13.0 Å². The average Bonchev–Trinajstić information content (AvgIpc) is 3.18. The van der Waals surface area contributed by atoms with Gasteiger partial charge in [-0.3, -0.25) is 9.59 Å². The van der Waals surface area contributed by atoms with E-state index in [-0.39, 0.29) is 30.8 Å². The van der Waals surface area contributed by atoms with E-state index in [2.05, 4.69) is 10.3 Å². The predicted molar refractivity (Wildman–Crippen MR) is 92.1 cm³/mol. The van der Waals surface area contributed by atoms with Crippen LogP contribution < -0.4 is 16.0 Å². The van der Waals surface area contributed by atoms with Gasteiger partial charge in [0.2, 0.25) is 5.91 Å². The van der Waals surface area contributed by atoms with E-state index in [9.17, 15) is 9.59 Å². The lowest BCUT2D eigenvalue weighted by Crippen LogP contribution is -2.39. The molecule has 122 valence electrons. The van der Waals surface area contributed by atoms with Crippen LogP contribution in [0.25, 0.3) is 0 Å². The van der Waals surface area contributed by atoms with Crippen molar-refractivity contribution in [2.24, 2.45) is 5.73 Å². The number of carbonyl (C=O) groups is 2. The molecule has 0 aliphatic carbocycles. The van der Waals surface area contributed by atoms with Crippen molar-refractivity contribution in [1.29, 1.82) is 0 Å². The van der Waals surface area contributed by atoms with Gasteiger partial charge in [0.05, 0.1) is 6.54 Å². The zero-order chi connectivity index (χ0) is 15.5. The predicted octanol–water partition coefficient (Wildman–Crippen LogP) is 1.34. The molecule has 1 aliphatic heterocycles. The Bertz CT molecular complexity index is 719. The van der Waals surface area contributed by atoms with Crippen molar-refractivity contribution in [1.82, 2.24) is 10.3 Å². The van der Waals surface area contributed by atoms with Gasteiger partial charge < -0.3 is 16.0 Å². The highest BCUT2D eigenvalue weighted by Crippen LogP contribution is 2.27. The zero-order valence-corrected chi connectivity index (χ0v) is 14.0. The molecule has 1 aromatic carbocycles. The first-order chi connectivity index (χ1) is 10.7. The molecule has 6 nitrogen and oxygen atoms in total. The summed E-state index contributed by atoms with van der Waals surface area (Å²) in [6, 6.07) is 7.82. The van der Waals surface area contributed by atoms with E-state index in [1.54, 1.807) is 10.3 Å². The second-order valence-electron chi connectivity index (χ2n) is 4.94. The Morgan fingerprint density at radius 2 is 2.13 bits per heavy atom. The summed E-state index contributed by atoms with van der Waals surface area (Å²) < 4.78 is 0. The van der Waals surface area contributed by atoms with E-state index < -0.39 is 0 Å². The lowest BCUT2D eigenvalue weighted by atomic mass is 10.2. The van der Waals surface area contributed by atoms with Crippen LogP contribution in [0.4, 0.5) is 5.69 Å². The Morgan fingerprint density at radius 3 is 2.87 bits per heavy atom. The summed E-state index contributed by atoms with van der Waals surface area (Å²) in [5.74, 6) is -0.468. The first-order valence-corrected chi connectivity index (χ1v) is 7.88. The molecular weight excluding hydrogens is 336 g/mol. The SMILES string of the molecule is Cl.NCc1nc(C(=O)NCC(=O)N2CCc3ccccc32)cs1. The molecule has 8 heteroatoms. The van der Waals surface area contributed by atoms with Crippen LogP contribution in [0.2, 0.25) is 0 Å². The summed E-state index contributed by atoms with van der Waals surface area (Å²) in [6.07, 6.45) is 0.849. The lowest BCUT2D eigenvalue weighted by Gasteiger charge is -2.17. The van der Waals surface area contributed by atoms with Gasteiger partial charge in [-0.25, -0.2) is 4.98 Å². The molecule has 0 atom stereocenters. The molecule has 2 heterocycles. The highest BCUT2D eigenvalue weighted by Gasteiger charge is 2.24. The maximum Gasteiger partial charge on any atom is 0.271 e. The number of halogens is 1. The van der Waals surface area contributed by atoms with Crippen LogP contribution in [0, 0.1) is 0 Å². The van der Waals surface area contributed by atoms with Crippen LogP contribution in [0.3, 0.4) is 0 Å². The molecule has 0 saturated carbocycles. The zero-order valence-electron chi connectivity index (χ0n) is 12.3. The summed E-state index contributed by atoms with van der Waals surface area (Å²) >= 11 is 1.34. The number of nitrogens with two attached hydrogens (primary N) is 1. The van der Waals surface area contributed by atoms with Gasteiger partial charge in [-0.15, -0.1) is 23.7 Å². The highest BCUT2D eigenvalue weighted by molar-refractivity contribution is 7.09. The van der Waals surface area contributed by atoms with Gasteiger partial charge >= 0.3 is 0 Å². The molecule has 23 heavy (non-hydrogen) atoms. The minimum Gasteiger partial charge on any atom is -0.342 e. The Morgan fingerprint density at radius 1 is 1.35 bits per heavy atom. The van der Waals surface area contributed by atoms with E-state index in [0.29, 0.717) is 23.8 Å². The van der Waals surface area contributed by atoms with Gasteiger partial charge in [-0.05, 0) is 18.1 Å². The fourth-order valence-corrected chi connectivity index (χ4v) is 3.10. The minimum atomic E-state index is -0.350. The molecule has 2 aromatic rings. The van der Waals surface area contributed by atoms with E-state index in [0.717, 1.165) is 17.7 Å². The van der Waals surface area contributed by atoms with Crippen molar-refractivity contribution in [3.63, 3.8) is 0 Å². The number of nitrogens with one attached hydrogen (secondary N) is 1. The van der Waals surface area contributed by atoms with Crippen molar-refractivity contribution in [3.8, 4) is 0 Å². The molecule has 0 spiro atoms. The number of thiazole rings is 1. The van der Waals surface area contributed by atoms with Crippen molar-refractivity contribution in [3.05, 3.63) is 45.9 Å². The molecule has 3 N–H and O–H groups in total. The van der Waals surface area contributed by atoms with Crippen molar-refractivity contribution < 1.29 is 9.59 Å². The van der Waals surface area contributed by atoms with Crippen LogP contribution >= 0.6 is 23.7 Å². The van der Waals surface area contributed by atoms with Crippen LogP contribution in [-0.4, -0.2) is 29.9 Å². The number of para-hydroxylation sites is 1.